The van der Waals surface area contributed by atoms with Crippen LogP contribution in [-0.4, -0.2) is 37.5 Å². The van der Waals surface area contributed by atoms with Crippen LogP contribution in [0.25, 0.3) is 6.08 Å². The molecule has 1 aliphatic rings. The first kappa shape index (κ1) is 26.7. The minimum Gasteiger partial charge on any atom is -0.494 e. The van der Waals surface area contributed by atoms with E-state index in [1.54, 1.807) is 24.3 Å². The average molecular weight is 581 g/mol. The summed E-state index contributed by atoms with van der Waals surface area (Å²) >= 11 is 3.53. The Morgan fingerprint density at radius 3 is 2.47 bits per heavy atom. The van der Waals surface area contributed by atoms with E-state index in [0.29, 0.717) is 28.8 Å². The quantitative estimate of drug-likeness (QED) is 0.239. The number of rotatable bonds is 7. The van der Waals surface area contributed by atoms with Gasteiger partial charge < -0.3 is 9.47 Å². The Morgan fingerprint density at radius 2 is 1.82 bits per heavy atom. The van der Waals surface area contributed by atoms with Crippen molar-refractivity contribution in [1.82, 2.24) is 5.32 Å². The van der Waals surface area contributed by atoms with Crippen LogP contribution in [0.15, 0.2) is 70.7 Å². The Labute approximate surface area is 226 Å². The molecule has 0 saturated carbocycles. The molecular weight excluding hydrogens is 559 g/mol. The summed E-state index contributed by atoms with van der Waals surface area (Å²) in [6.45, 7) is 2.17. The van der Waals surface area contributed by atoms with Crippen molar-refractivity contribution in [2.24, 2.45) is 0 Å². The van der Waals surface area contributed by atoms with Gasteiger partial charge in [0, 0.05) is 16.5 Å². The summed E-state index contributed by atoms with van der Waals surface area (Å²) in [7, 11) is 1.24. The van der Waals surface area contributed by atoms with Crippen LogP contribution < -0.4 is 15.0 Å². The smallest absolute Gasteiger partial charge is 0.337 e. The summed E-state index contributed by atoms with van der Waals surface area (Å²) in [5, 5.41) is 2.17. The lowest BCUT2D eigenvalue weighted by atomic mass is 10.0. The number of carbonyl (C=O) groups excluding carboxylic acids is 4. The number of hydrogen-bond acceptors (Lipinski definition) is 6. The molecule has 0 unspecified atom stereocenters. The molecule has 3 aromatic carbocycles. The first-order valence-electron chi connectivity index (χ1n) is 11.5. The van der Waals surface area contributed by atoms with Gasteiger partial charge in [-0.3, -0.25) is 14.9 Å². The summed E-state index contributed by atoms with van der Waals surface area (Å²) < 4.78 is 24.8. The molecule has 10 heteroatoms. The number of esters is 1. The molecule has 4 rings (SSSR count). The number of halogens is 2. The van der Waals surface area contributed by atoms with Crippen LogP contribution in [-0.2, 0) is 20.7 Å². The molecular formula is C28H22BrFN2O6. The second-order valence-corrected chi connectivity index (χ2v) is 9.07. The van der Waals surface area contributed by atoms with E-state index < -0.39 is 23.8 Å². The lowest BCUT2D eigenvalue weighted by Gasteiger charge is -2.26. The fourth-order valence-corrected chi connectivity index (χ4v) is 4.54. The Balaban J connectivity index is 1.69. The van der Waals surface area contributed by atoms with Crippen LogP contribution in [0.3, 0.4) is 0 Å². The fraction of sp³-hybridized carbons (Fsp3) is 0.143. The van der Waals surface area contributed by atoms with Crippen molar-refractivity contribution in [2.45, 2.75) is 13.3 Å². The van der Waals surface area contributed by atoms with Gasteiger partial charge in [-0.15, -0.1) is 0 Å². The maximum atomic E-state index is 13.7. The van der Waals surface area contributed by atoms with Crippen LogP contribution in [0.1, 0.15) is 34.0 Å². The number of barbiturate groups is 1. The standard InChI is InChI=1S/C28H22BrFN2O6/c1-3-38-24-15-17(14-23(29)21(24)12-16-5-4-6-19(30)11-16)13-22-25(33)31-28(36)32(26(22)34)20-9-7-18(8-10-20)27(35)37-2/h4-11,13-15H,3,12H2,1-2H3,(H,31,33,36)/b22-13+. The third-order valence-corrected chi connectivity index (χ3v) is 6.41. The van der Waals surface area contributed by atoms with Crippen molar-refractivity contribution in [3.8, 4) is 5.75 Å². The molecule has 1 fully saturated rings. The molecule has 4 amide bonds. The summed E-state index contributed by atoms with van der Waals surface area (Å²) in [6, 6.07) is 14.3. The molecule has 1 saturated heterocycles. The van der Waals surface area contributed by atoms with Crippen LogP contribution in [0.5, 0.6) is 5.75 Å². The number of imide groups is 2. The summed E-state index contributed by atoms with van der Waals surface area (Å²) in [5.41, 5.74) is 2.11. The second-order valence-electron chi connectivity index (χ2n) is 8.22. The number of amides is 4. The average Bonchev–Trinajstić information content (AvgIpc) is 2.88. The van der Waals surface area contributed by atoms with E-state index in [9.17, 15) is 23.6 Å². The molecule has 3 aromatic rings. The Morgan fingerprint density at radius 1 is 1.08 bits per heavy atom. The van der Waals surface area contributed by atoms with Gasteiger partial charge in [0.15, 0.2) is 0 Å². The second kappa shape index (κ2) is 11.4. The van der Waals surface area contributed by atoms with Crippen LogP contribution in [0, 0.1) is 5.82 Å². The topological polar surface area (TPSA) is 102 Å². The fourth-order valence-electron chi connectivity index (χ4n) is 3.94. The third kappa shape index (κ3) is 5.65. The highest BCUT2D eigenvalue weighted by atomic mass is 79.9. The Kier molecular flexibility index (Phi) is 8.02. The van der Waals surface area contributed by atoms with Crippen molar-refractivity contribution in [3.63, 3.8) is 0 Å². The van der Waals surface area contributed by atoms with E-state index in [1.165, 1.54) is 49.6 Å². The molecule has 38 heavy (non-hydrogen) atoms. The number of benzene rings is 3. The normalized spacial score (nSPS) is 14.5. The predicted molar refractivity (Wildman–Crippen MR) is 141 cm³/mol. The van der Waals surface area contributed by atoms with E-state index in [1.807, 2.05) is 6.92 Å². The highest BCUT2D eigenvalue weighted by Gasteiger charge is 2.37. The Bertz CT molecular complexity index is 1470. The minimum atomic E-state index is -0.912. The van der Waals surface area contributed by atoms with Gasteiger partial charge in [-0.25, -0.2) is 18.9 Å². The molecule has 0 aromatic heterocycles. The zero-order valence-electron chi connectivity index (χ0n) is 20.4. The first-order valence-corrected chi connectivity index (χ1v) is 12.3. The number of carbonyl (C=O) groups is 4. The lowest BCUT2D eigenvalue weighted by molar-refractivity contribution is -0.122. The molecule has 1 heterocycles. The summed E-state index contributed by atoms with van der Waals surface area (Å²) in [6.07, 6.45) is 1.74. The predicted octanol–water partition coefficient (Wildman–Crippen LogP) is 5.03. The van der Waals surface area contributed by atoms with Gasteiger partial charge in [-0.05, 0) is 72.7 Å². The van der Waals surface area contributed by atoms with Gasteiger partial charge in [-0.2, -0.15) is 0 Å². The molecule has 8 nitrogen and oxygen atoms in total. The van der Waals surface area contributed by atoms with E-state index in [4.69, 9.17) is 4.74 Å². The van der Waals surface area contributed by atoms with E-state index in [-0.39, 0.29) is 22.6 Å². The molecule has 1 N–H and O–H groups in total. The molecule has 0 spiro atoms. The van der Waals surface area contributed by atoms with Crippen LogP contribution in [0.2, 0.25) is 0 Å². The zero-order valence-corrected chi connectivity index (χ0v) is 22.0. The van der Waals surface area contributed by atoms with E-state index in [0.717, 1.165) is 16.0 Å². The van der Waals surface area contributed by atoms with Crippen molar-refractivity contribution >= 4 is 51.5 Å². The molecule has 1 aliphatic heterocycles. The van der Waals surface area contributed by atoms with E-state index in [2.05, 4.69) is 26.0 Å². The van der Waals surface area contributed by atoms with E-state index >= 15 is 0 Å². The van der Waals surface area contributed by atoms with Crippen molar-refractivity contribution in [3.05, 3.63) is 98.8 Å². The monoisotopic (exact) mass is 580 g/mol. The van der Waals surface area contributed by atoms with Crippen molar-refractivity contribution < 1.29 is 33.0 Å². The van der Waals surface area contributed by atoms with Gasteiger partial charge in [0.25, 0.3) is 11.8 Å². The van der Waals surface area contributed by atoms with Crippen LogP contribution >= 0.6 is 15.9 Å². The highest BCUT2D eigenvalue weighted by Crippen LogP contribution is 2.33. The lowest BCUT2D eigenvalue weighted by Crippen LogP contribution is -2.54. The molecule has 0 aliphatic carbocycles. The number of methoxy groups -OCH3 is 1. The summed E-state index contributed by atoms with van der Waals surface area (Å²) in [5.74, 6) is -2.10. The molecule has 194 valence electrons. The number of nitrogens with one attached hydrogen (secondary N) is 1. The molecule has 0 bridgehead atoms. The van der Waals surface area contributed by atoms with Crippen molar-refractivity contribution in [2.75, 3.05) is 18.6 Å². The SMILES string of the molecule is CCOc1cc(/C=C2\C(=O)NC(=O)N(c3ccc(C(=O)OC)cc3)C2=O)cc(Br)c1Cc1cccc(F)c1. The molecule has 0 atom stereocenters. The zero-order chi connectivity index (χ0) is 27.4. The van der Waals surface area contributed by atoms with Gasteiger partial charge >= 0.3 is 12.0 Å². The molecule has 0 radical (unpaired) electrons. The van der Waals surface area contributed by atoms with Gasteiger partial charge in [-0.1, -0.05) is 28.1 Å². The maximum Gasteiger partial charge on any atom is 0.337 e. The van der Waals surface area contributed by atoms with Gasteiger partial charge in [0.1, 0.15) is 17.1 Å². The number of hydrogen-bond donors (Lipinski definition) is 1. The largest absolute Gasteiger partial charge is 0.494 e. The third-order valence-electron chi connectivity index (χ3n) is 5.71. The maximum absolute atomic E-state index is 13.7. The minimum absolute atomic E-state index is 0.167. The number of nitrogens with zero attached hydrogens (tertiary/aromatic N) is 1. The Hall–Kier alpha value is -4.31. The van der Waals surface area contributed by atoms with Gasteiger partial charge in [0.05, 0.1) is 25.0 Å². The highest BCUT2D eigenvalue weighted by molar-refractivity contribution is 9.10. The number of ether oxygens (including phenoxy) is 2. The van der Waals surface area contributed by atoms with Crippen LogP contribution in [0.4, 0.5) is 14.9 Å². The number of urea groups is 1. The van der Waals surface area contributed by atoms with Gasteiger partial charge in [0.2, 0.25) is 0 Å². The first-order chi connectivity index (χ1) is 18.2. The summed E-state index contributed by atoms with van der Waals surface area (Å²) in [4.78, 5) is 50.9. The number of anilines is 1. The van der Waals surface area contributed by atoms with Crippen molar-refractivity contribution in [1.29, 1.82) is 0 Å².